The highest BCUT2D eigenvalue weighted by atomic mass is 16.2. The number of fused-ring (bicyclic) bond motifs is 1. The molecule has 0 unspecified atom stereocenters. The molecule has 0 atom stereocenters. The van der Waals surface area contributed by atoms with Gasteiger partial charge < -0.3 is 15.2 Å². The average molecular weight is 458 g/mol. The summed E-state index contributed by atoms with van der Waals surface area (Å²) in [5.74, 6) is -0.215. The Morgan fingerprint density at radius 1 is 1.03 bits per heavy atom. The zero-order valence-corrected chi connectivity index (χ0v) is 20.3. The summed E-state index contributed by atoms with van der Waals surface area (Å²) in [6.45, 7) is 9.56. The Hall–Kier alpha value is -3.87. The fourth-order valence-corrected chi connectivity index (χ4v) is 4.13. The number of aryl methyl sites for hydroxylation is 2. The van der Waals surface area contributed by atoms with Gasteiger partial charge in [-0.05, 0) is 49.1 Å². The molecule has 2 aromatic heterocycles. The van der Waals surface area contributed by atoms with Crippen molar-refractivity contribution in [3.63, 3.8) is 0 Å². The highest BCUT2D eigenvalue weighted by molar-refractivity contribution is 6.09. The summed E-state index contributed by atoms with van der Waals surface area (Å²) >= 11 is 0. The smallest absolute Gasteiger partial charge is 0.271 e. The topological polar surface area (TPSA) is 81.0 Å². The lowest BCUT2D eigenvalue weighted by atomic mass is 10.1. The molecule has 4 aromatic rings. The van der Waals surface area contributed by atoms with Crippen molar-refractivity contribution in [3.8, 4) is 0 Å². The number of benzene rings is 2. The maximum atomic E-state index is 13.1. The summed E-state index contributed by atoms with van der Waals surface area (Å²) < 4.78 is 3.76. The van der Waals surface area contributed by atoms with Crippen LogP contribution >= 0.6 is 0 Å². The summed E-state index contributed by atoms with van der Waals surface area (Å²) in [5, 5.41) is 11.0. The number of amides is 2. The van der Waals surface area contributed by atoms with E-state index in [1.54, 1.807) is 7.05 Å². The van der Waals surface area contributed by atoms with E-state index < -0.39 is 0 Å². The van der Waals surface area contributed by atoms with Gasteiger partial charge in [-0.2, -0.15) is 5.10 Å². The number of carbonyl (C=O) groups is 2. The third-order valence-electron chi connectivity index (χ3n) is 6.16. The van der Waals surface area contributed by atoms with Gasteiger partial charge in [-0.25, -0.2) is 0 Å². The average Bonchev–Trinajstić information content (AvgIpc) is 3.30. The highest BCUT2D eigenvalue weighted by Crippen LogP contribution is 2.28. The van der Waals surface area contributed by atoms with Crippen LogP contribution in [0.2, 0.25) is 0 Å². The summed E-state index contributed by atoms with van der Waals surface area (Å²) in [6.07, 6.45) is 1.51. The fraction of sp³-hybridized carbons (Fsp3) is 0.296. The van der Waals surface area contributed by atoms with Crippen LogP contribution in [-0.4, -0.2) is 32.7 Å². The van der Waals surface area contributed by atoms with Crippen LogP contribution in [0.4, 0.5) is 5.69 Å². The molecule has 0 saturated carbocycles. The monoisotopic (exact) mass is 457 g/mol. The van der Waals surface area contributed by atoms with Crippen molar-refractivity contribution in [2.24, 2.45) is 13.0 Å². The Morgan fingerprint density at radius 2 is 1.76 bits per heavy atom. The number of anilines is 1. The molecular formula is C27H31N5O2. The first-order valence-corrected chi connectivity index (χ1v) is 11.5. The molecule has 0 spiro atoms. The van der Waals surface area contributed by atoms with Crippen molar-refractivity contribution < 1.29 is 9.59 Å². The number of aromatic nitrogens is 3. The SMILES string of the molecule is Cc1c(C)n(Cc2ccccc2)c2ccc(C(=O)Nc3cnn(C)c3C(=O)NCC(C)C)cc12. The van der Waals surface area contributed by atoms with Gasteiger partial charge in [0.1, 0.15) is 5.69 Å². The molecule has 0 radical (unpaired) electrons. The summed E-state index contributed by atoms with van der Waals surface area (Å²) in [6, 6.07) is 16.1. The van der Waals surface area contributed by atoms with Gasteiger partial charge in [0, 0.05) is 42.3 Å². The van der Waals surface area contributed by atoms with Crippen LogP contribution in [0.3, 0.4) is 0 Å². The van der Waals surface area contributed by atoms with E-state index in [0.717, 1.165) is 23.0 Å². The van der Waals surface area contributed by atoms with Crippen LogP contribution < -0.4 is 10.6 Å². The molecule has 2 amide bonds. The van der Waals surface area contributed by atoms with E-state index in [1.165, 1.54) is 22.1 Å². The maximum Gasteiger partial charge on any atom is 0.271 e. The van der Waals surface area contributed by atoms with E-state index in [1.807, 2.05) is 50.2 Å². The predicted molar refractivity (Wildman–Crippen MR) is 135 cm³/mol. The Labute approximate surface area is 199 Å². The lowest BCUT2D eigenvalue weighted by molar-refractivity contribution is 0.0940. The molecule has 0 fully saturated rings. The molecule has 0 saturated heterocycles. The van der Waals surface area contributed by atoms with Crippen molar-refractivity contribution >= 4 is 28.4 Å². The Bertz CT molecular complexity index is 1350. The van der Waals surface area contributed by atoms with Crippen molar-refractivity contribution in [2.75, 3.05) is 11.9 Å². The molecule has 2 N–H and O–H groups in total. The second-order valence-corrected chi connectivity index (χ2v) is 9.10. The molecule has 2 heterocycles. The van der Waals surface area contributed by atoms with E-state index in [9.17, 15) is 9.59 Å². The minimum atomic E-state index is -0.277. The number of nitrogens with zero attached hydrogens (tertiary/aromatic N) is 3. The van der Waals surface area contributed by atoms with Crippen LogP contribution in [0.25, 0.3) is 10.9 Å². The molecule has 0 bridgehead atoms. The van der Waals surface area contributed by atoms with E-state index in [2.05, 4.69) is 46.3 Å². The standard InChI is InChI=1S/C27H31N5O2/c1-17(2)14-28-27(34)25-23(15-29-31(25)5)30-26(33)21-11-12-24-22(13-21)18(3)19(4)32(24)16-20-9-7-6-8-10-20/h6-13,15,17H,14,16H2,1-5H3,(H,28,34)(H,30,33). The first-order chi connectivity index (χ1) is 16.3. The molecule has 2 aromatic carbocycles. The molecule has 7 nitrogen and oxygen atoms in total. The molecule has 0 aliphatic heterocycles. The molecular weight excluding hydrogens is 426 g/mol. The summed E-state index contributed by atoms with van der Waals surface area (Å²) in [4.78, 5) is 25.8. The Balaban J connectivity index is 1.60. The first kappa shape index (κ1) is 23.3. The molecule has 4 rings (SSSR count). The molecule has 0 aliphatic carbocycles. The van der Waals surface area contributed by atoms with Gasteiger partial charge in [-0.3, -0.25) is 14.3 Å². The van der Waals surface area contributed by atoms with E-state index >= 15 is 0 Å². The predicted octanol–water partition coefficient (Wildman–Crippen LogP) is 4.68. The summed E-state index contributed by atoms with van der Waals surface area (Å²) in [5.41, 5.74) is 5.89. The Kier molecular flexibility index (Phi) is 6.54. The normalized spacial score (nSPS) is 11.2. The maximum absolute atomic E-state index is 13.1. The van der Waals surface area contributed by atoms with Crippen LogP contribution in [-0.2, 0) is 13.6 Å². The number of hydrogen-bond acceptors (Lipinski definition) is 3. The minimum Gasteiger partial charge on any atom is -0.350 e. The van der Waals surface area contributed by atoms with Gasteiger partial charge in [-0.1, -0.05) is 44.2 Å². The quantitative estimate of drug-likeness (QED) is 0.423. The van der Waals surface area contributed by atoms with Crippen molar-refractivity contribution in [2.45, 2.75) is 34.2 Å². The number of hydrogen-bond donors (Lipinski definition) is 2. The van der Waals surface area contributed by atoms with Crippen LogP contribution in [0, 0.1) is 19.8 Å². The second-order valence-electron chi connectivity index (χ2n) is 9.10. The molecule has 176 valence electrons. The van der Waals surface area contributed by atoms with E-state index in [-0.39, 0.29) is 11.8 Å². The fourth-order valence-electron chi connectivity index (χ4n) is 4.13. The number of nitrogens with one attached hydrogen (secondary N) is 2. The zero-order valence-electron chi connectivity index (χ0n) is 20.3. The largest absolute Gasteiger partial charge is 0.350 e. The lowest BCUT2D eigenvalue weighted by Gasteiger charge is -2.11. The third kappa shape index (κ3) is 4.59. The van der Waals surface area contributed by atoms with Gasteiger partial charge in [-0.15, -0.1) is 0 Å². The van der Waals surface area contributed by atoms with Crippen molar-refractivity contribution in [1.29, 1.82) is 0 Å². The number of carbonyl (C=O) groups excluding carboxylic acids is 2. The zero-order chi connectivity index (χ0) is 24.4. The third-order valence-corrected chi connectivity index (χ3v) is 6.16. The van der Waals surface area contributed by atoms with Gasteiger partial charge in [0.25, 0.3) is 11.8 Å². The minimum absolute atomic E-state index is 0.260. The highest BCUT2D eigenvalue weighted by Gasteiger charge is 2.20. The molecule has 0 aliphatic rings. The van der Waals surface area contributed by atoms with Gasteiger partial charge in [0.05, 0.1) is 11.9 Å². The first-order valence-electron chi connectivity index (χ1n) is 11.5. The van der Waals surface area contributed by atoms with Crippen molar-refractivity contribution in [1.82, 2.24) is 19.7 Å². The van der Waals surface area contributed by atoms with E-state index in [0.29, 0.717) is 29.4 Å². The van der Waals surface area contributed by atoms with Crippen molar-refractivity contribution in [3.05, 3.63) is 82.8 Å². The van der Waals surface area contributed by atoms with Crippen LogP contribution in [0.5, 0.6) is 0 Å². The second kappa shape index (κ2) is 9.55. The van der Waals surface area contributed by atoms with Gasteiger partial charge in [0.15, 0.2) is 0 Å². The Morgan fingerprint density at radius 3 is 2.47 bits per heavy atom. The van der Waals surface area contributed by atoms with Crippen LogP contribution in [0.1, 0.15) is 51.5 Å². The van der Waals surface area contributed by atoms with Gasteiger partial charge >= 0.3 is 0 Å². The number of rotatable bonds is 7. The van der Waals surface area contributed by atoms with E-state index in [4.69, 9.17) is 0 Å². The molecule has 34 heavy (non-hydrogen) atoms. The lowest BCUT2D eigenvalue weighted by Crippen LogP contribution is -2.30. The summed E-state index contributed by atoms with van der Waals surface area (Å²) in [7, 11) is 1.69. The van der Waals surface area contributed by atoms with Gasteiger partial charge in [0.2, 0.25) is 0 Å². The molecule has 7 heteroatoms. The van der Waals surface area contributed by atoms with Crippen LogP contribution in [0.15, 0.2) is 54.7 Å².